The van der Waals surface area contributed by atoms with Gasteiger partial charge in [0.25, 0.3) is 11.6 Å². The Morgan fingerprint density at radius 2 is 1.96 bits per heavy atom. The van der Waals surface area contributed by atoms with Gasteiger partial charge in [-0.15, -0.1) is 0 Å². The number of amides is 1. The summed E-state index contributed by atoms with van der Waals surface area (Å²) in [7, 11) is 0. The molecule has 1 N–H and O–H groups in total. The first kappa shape index (κ1) is 16.5. The SMILES string of the molecule is CC[C@@H](Oc1ccccc1)C(=O)Nc1ccc(C)c([N+](=O)[O-])c1. The van der Waals surface area contributed by atoms with Crippen LogP contribution in [-0.2, 0) is 4.79 Å². The number of benzene rings is 2. The molecule has 2 aromatic carbocycles. The van der Waals surface area contributed by atoms with Gasteiger partial charge in [0.2, 0.25) is 0 Å². The lowest BCUT2D eigenvalue weighted by Gasteiger charge is -2.17. The molecule has 2 rings (SSSR count). The number of carbonyl (C=O) groups is 1. The summed E-state index contributed by atoms with van der Waals surface area (Å²) in [6.45, 7) is 3.49. The van der Waals surface area contributed by atoms with Crippen LogP contribution in [-0.4, -0.2) is 16.9 Å². The summed E-state index contributed by atoms with van der Waals surface area (Å²) in [6, 6.07) is 13.6. The fraction of sp³-hybridized carbons (Fsp3) is 0.235. The molecule has 1 amide bonds. The third-order valence-electron chi connectivity index (χ3n) is 3.36. The van der Waals surface area contributed by atoms with Crippen LogP contribution in [0.15, 0.2) is 48.5 Å². The van der Waals surface area contributed by atoms with Gasteiger partial charge in [-0.05, 0) is 31.5 Å². The minimum atomic E-state index is -0.669. The number of nitrogens with zero attached hydrogens (tertiary/aromatic N) is 1. The molecule has 0 fully saturated rings. The van der Waals surface area contributed by atoms with Crippen molar-refractivity contribution in [2.75, 3.05) is 5.32 Å². The molecule has 1 atom stereocenters. The van der Waals surface area contributed by atoms with E-state index in [-0.39, 0.29) is 11.6 Å². The fourth-order valence-electron chi connectivity index (χ4n) is 2.09. The van der Waals surface area contributed by atoms with E-state index in [1.807, 2.05) is 25.1 Å². The molecule has 2 aromatic rings. The van der Waals surface area contributed by atoms with E-state index in [1.54, 1.807) is 31.2 Å². The van der Waals surface area contributed by atoms with Crippen LogP contribution in [0.25, 0.3) is 0 Å². The molecule has 0 heterocycles. The number of hydrogen-bond donors (Lipinski definition) is 1. The molecule has 0 aliphatic heterocycles. The predicted molar refractivity (Wildman–Crippen MR) is 87.6 cm³/mol. The molecule has 6 heteroatoms. The molecule has 0 aliphatic rings. The molecule has 120 valence electrons. The topological polar surface area (TPSA) is 81.5 Å². The van der Waals surface area contributed by atoms with Crippen LogP contribution in [0, 0.1) is 17.0 Å². The van der Waals surface area contributed by atoms with Gasteiger partial charge in [-0.25, -0.2) is 0 Å². The molecular weight excluding hydrogens is 296 g/mol. The zero-order valence-corrected chi connectivity index (χ0v) is 13.0. The van der Waals surface area contributed by atoms with Crippen molar-refractivity contribution in [2.45, 2.75) is 26.4 Å². The van der Waals surface area contributed by atoms with Gasteiger partial charge < -0.3 is 10.1 Å². The number of aryl methyl sites for hydroxylation is 1. The van der Waals surface area contributed by atoms with E-state index in [1.165, 1.54) is 6.07 Å². The Labute approximate surface area is 134 Å². The molecule has 0 radical (unpaired) electrons. The van der Waals surface area contributed by atoms with Crippen LogP contribution < -0.4 is 10.1 Å². The average molecular weight is 314 g/mol. The maximum Gasteiger partial charge on any atom is 0.274 e. The first-order chi connectivity index (χ1) is 11.0. The van der Waals surface area contributed by atoms with E-state index in [9.17, 15) is 14.9 Å². The van der Waals surface area contributed by atoms with Gasteiger partial charge >= 0.3 is 0 Å². The summed E-state index contributed by atoms with van der Waals surface area (Å²) in [5, 5.41) is 13.6. The van der Waals surface area contributed by atoms with E-state index in [0.717, 1.165) is 0 Å². The smallest absolute Gasteiger partial charge is 0.274 e. The molecular formula is C17H18N2O4. The van der Waals surface area contributed by atoms with Crippen molar-refractivity contribution in [3.63, 3.8) is 0 Å². The molecule has 0 bridgehead atoms. The van der Waals surface area contributed by atoms with E-state index in [4.69, 9.17) is 4.74 Å². The second-order valence-corrected chi connectivity index (χ2v) is 5.08. The van der Waals surface area contributed by atoms with Crippen molar-refractivity contribution in [3.8, 4) is 5.75 Å². The van der Waals surface area contributed by atoms with E-state index in [0.29, 0.717) is 23.4 Å². The number of para-hydroxylation sites is 1. The maximum atomic E-state index is 12.3. The zero-order valence-electron chi connectivity index (χ0n) is 13.0. The van der Waals surface area contributed by atoms with Crippen molar-refractivity contribution >= 4 is 17.3 Å². The first-order valence-electron chi connectivity index (χ1n) is 7.29. The molecule has 0 saturated heterocycles. The minimum absolute atomic E-state index is 0.0279. The first-order valence-corrected chi connectivity index (χ1v) is 7.29. The summed E-state index contributed by atoms with van der Waals surface area (Å²) < 4.78 is 5.65. The number of carbonyl (C=O) groups excluding carboxylic acids is 1. The second kappa shape index (κ2) is 7.40. The maximum absolute atomic E-state index is 12.3. The summed E-state index contributed by atoms with van der Waals surface area (Å²) in [5.41, 5.74) is 0.891. The zero-order chi connectivity index (χ0) is 16.8. The third-order valence-corrected chi connectivity index (χ3v) is 3.36. The lowest BCUT2D eigenvalue weighted by atomic mass is 10.1. The lowest BCUT2D eigenvalue weighted by Crippen LogP contribution is -2.32. The van der Waals surface area contributed by atoms with Crippen molar-refractivity contribution < 1.29 is 14.5 Å². The molecule has 0 spiro atoms. The highest BCUT2D eigenvalue weighted by atomic mass is 16.6. The minimum Gasteiger partial charge on any atom is -0.481 e. The number of nitro groups is 1. The van der Waals surface area contributed by atoms with Crippen LogP contribution in [0.4, 0.5) is 11.4 Å². The summed E-state index contributed by atoms with van der Waals surface area (Å²) in [4.78, 5) is 22.8. The van der Waals surface area contributed by atoms with Gasteiger partial charge in [0.15, 0.2) is 6.10 Å². The number of rotatable bonds is 6. The standard InChI is InChI=1S/C17H18N2O4/c1-3-16(23-14-7-5-4-6-8-14)17(20)18-13-10-9-12(2)15(11-13)19(21)22/h4-11,16H,3H2,1-2H3,(H,18,20)/t16-/m1/s1. The average Bonchev–Trinajstić information content (AvgIpc) is 2.55. The molecule has 0 unspecified atom stereocenters. The number of anilines is 1. The van der Waals surface area contributed by atoms with Crippen molar-refractivity contribution in [1.82, 2.24) is 0 Å². The van der Waals surface area contributed by atoms with E-state index in [2.05, 4.69) is 5.32 Å². The summed E-state index contributed by atoms with van der Waals surface area (Å²) >= 11 is 0. The van der Waals surface area contributed by atoms with Gasteiger partial charge in [-0.3, -0.25) is 14.9 Å². The van der Waals surface area contributed by atoms with Crippen molar-refractivity contribution in [3.05, 3.63) is 64.2 Å². The highest BCUT2D eigenvalue weighted by Gasteiger charge is 2.20. The quantitative estimate of drug-likeness (QED) is 0.651. The van der Waals surface area contributed by atoms with E-state index < -0.39 is 11.0 Å². The Balaban J connectivity index is 2.10. The summed E-state index contributed by atoms with van der Waals surface area (Å²) in [5.74, 6) is 0.263. The van der Waals surface area contributed by atoms with Gasteiger partial charge in [-0.2, -0.15) is 0 Å². The Bertz CT molecular complexity index is 701. The largest absolute Gasteiger partial charge is 0.481 e. The van der Waals surface area contributed by atoms with Gasteiger partial charge in [-0.1, -0.05) is 31.2 Å². The van der Waals surface area contributed by atoms with Crippen LogP contribution in [0.3, 0.4) is 0 Å². The molecule has 0 aliphatic carbocycles. The van der Waals surface area contributed by atoms with Gasteiger partial charge in [0.1, 0.15) is 5.75 Å². The number of hydrogen-bond acceptors (Lipinski definition) is 4. The van der Waals surface area contributed by atoms with E-state index >= 15 is 0 Å². The molecule has 0 aromatic heterocycles. The van der Waals surface area contributed by atoms with Crippen molar-refractivity contribution in [2.24, 2.45) is 0 Å². The molecule has 23 heavy (non-hydrogen) atoms. The van der Waals surface area contributed by atoms with Gasteiger partial charge in [0.05, 0.1) is 4.92 Å². The highest BCUT2D eigenvalue weighted by molar-refractivity contribution is 5.94. The number of nitrogens with one attached hydrogen (secondary N) is 1. The normalized spacial score (nSPS) is 11.6. The Hall–Kier alpha value is -2.89. The fourth-order valence-corrected chi connectivity index (χ4v) is 2.09. The summed E-state index contributed by atoms with van der Waals surface area (Å²) in [6.07, 6.45) is -0.188. The molecule has 6 nitrogen and oxygen atoms in total. The Kier molecular flexibility index (Phi) is 5.30. The lowest BCUT2D eigenvalue weighted by molar-refractivity contribution is -0.385. The number of ether oxygens (including phenoxy) is 1. The van der Waals surface area contributed by atoms with Gasteiger partial charge in [0, 0.05) is 17.3 Å². The monoisotopic (exact) mass is 314 g/mol. The molecule has 0 saturated carbocycles. The Morgan fingerprint density at radius 1 is 1.26 bits per heavy atom. The predicted octanol–water partition coefficient (Wildman–Crippen LogP) is 3.70. The van der Waals surface area contributed by atoms with Crippen LogP contribution >= 0.6 is 0 Å². The highest BCUT2D eigenvalue weighted by Crippen LogP contribution is 2.23. The number of nitro benzene ring substituents is 1. The van der Waals surface area contributed by atoms with Crippen LogP contribution in [0.1, 0.15) is 18.9 Å². The second-order valence-electron chi connectivity index (χ2n) is 5.08. The van der Waals surface area contributed by atoms with Crippen molar-refractivity contribution in [1.29, 1.82) is 0 Å². The Morgan fingerprint density at radius 3 is 2.57 bits per heavy atom. The van der Waals surface area contributed by atoms with Crippen LogP contribution in [0.2, 0.25) is 0 Å². The third kappa shape index (κ3) is 4.29. The van der Waals surface area contributed by atoms with Crippen LogP contribution in [0.5, 0.6) is 5.75 Å².